The third-order valence-electron chi connectivity index (χ3n) is 3.72. The van der Waals surface area contributed by atoms with E-state index in [-0.39, 0.29) is 17.1 Å². The molecule has 0 fully saturated rings. The molecule has 0 aliphatic rings. The highest BCUT2D eigenvalue weighted by Crippen LogP contribution is 2.27. The summed E-state index contributed by atoms with van der Waals surface area (Å²) in [6, 6.07) is 15.3. The van der Waals surface area contributed by atoms with E-state index in [2.05, 4.69) is 10.6 Å². The van der Waals surface area contributed by atoms with Gasteiger partial charge in [0.1, 0.15) is 0 Å². The molecule has 0 heterocycles. The second-order valence-electron chi connectivity index (χ2n) is 5.54. The topological polar surface area (TPSA) is 59.6 Å². The van der Waals surface area contributed by atoms with Gasteiger partial charge in [-0.25, -0.2) is 0 Å². The van der Waals surface area contributed by atoms with Gasteiger partial charge in [-0.05, 0) is 48.5 Å². The maximum absolute atomic E-state index is 12.0. The molecule has 5 nitrogen and oxygen atoms in total. The summed E-state index contributed by atoms with van der Waals surface area (Å²) in [4.78, 5) is 12.0. The van der Waals surface area contributed by atoms with E-state index in [0.29, 0.717) is 11.5 Å². The zero-order valence-corrected chi connectivity index (χ0v) is 15.8. The van der Waals surface area contributed by atoms with Crippen molar-refractivity contribution in [3.05, 3.63) is 65.7 Å². The summed E-state index contributed by atoms with van der Waals surface area (Å²) in [7, 11) is 3.14. The Morgan fingerprint density at radius 2 is 1.77 bits per heavy atom. The average molecular weight is 370 g/mol. The second-order valence-corrected chi connectivity index (χ2v) is 5.95. The number of carbonyl (C=O) groups is 1. The van der Waals surface area contributed by atoms with Crippen molar-refractivity contribution in [2.75, 3.05) is 14.2 Å². The predicted octanol–water partition coefficient (Wildman–Crippen LogP) is 3.47. The summed E-state index contributed by atoms with van der Waals surface area (Å²) >= 11 is 5.20. The van der Waals surface area contributed by atoms with Gasteiger partial charge >= 0.3 is 0 Å². The lowest BCUT2D eigenvalue weighted by Gasteiger charge is -2.16. The molecule has 0 radical (unpaired) electrons. The molecule has 6 heteroatoms. The van der Waals surface area contributed by atoms with Crippen molar-refractivity contribution in [3.8, 4) is 11.5 Å². The van der Waals surface area contributed by atoms with Gasteiger partial charge in [0.25, 0.3) is 0 Å². The Kier molecular flexibility index (Phi) is 7.17. The Labute approximate surface area is 159 Å². The zero-order valence-electron chi connectivity index (χ0n) is 15.0. The first kappa shape index (κ1) is 19.5. The molecule has 136 valence electrons. The van der Waals surface area contributed by atoms with Gasteiger partial charge in [0.15, 0.2) is 16.6 Å². The van der Waals surface area contributed by atoms with Crippen LogP contribution in [0.4, 0.5) is 0 Å². The van der Waals surface area contributed by atoms with E-state index >= 15 is 0 Å². The molecular weight excluding hydrogens is 348 g/mol. The highest BCUT2D eigenvalue weighted by Gasteiger charge is 2.08. The van der Waals surface area contributed by atoms with Gasteiger partial charge in [-0.1, -0.05) is 36.4 Å². The molecule has 1 atom stereocenters. The monoisotopic (exact) mass is 370 g/mol. The molecule has 0 saturated heterocycles. The number of benzene rings is 2. The third-order valence-corrected chi connectivity index (χ3v) is 3.94. The van der Waals surface area contributed by atoms with Crippen LogP contribution in [0.15, 0.2) is 54.6 Å². The van der Waals surface area contributed by atoms with Crippen LogP contribution in [0, 0.1) is 0 Å². The fourth-order valence-electron chi connectivity index (χ4n) is 2.34. The van der Waals surface area contributed by atoms with Crippen LogP contribution < -0.4 is 20.1 Å². The number of carbonyl (C=O) groups excluding carboxylic acids is 1. The first-order valence-corrected chi connectivity index (χ1v) is 8.51. The number of methoxy groups -OCH3 is 2. The highest BCUT2D eigenvalue weighted by molar-refractivity contribution is 7.80. The first-order chi connectivity index (χ1) is 12.5. The van der Waals surface area contributed by atoms with Crippen molar-refractivity contribution in [1.29, 1.82) is 0 Å². The number of amides is 1. The van der Waals surface area contributed by atoms with Crippen molar-refractivity contribution < 1.29 is 14.3 Å². The summed E-state index contributed by atoms with van der Waals surface area (Å²) in [5.41, 5.74) is 1.90. The lowest BCUT2D eigenvalue weighted by Crippen LogP contribution is -2.39. The van der Waals surface area contributed by atoms with E-state index in [1.165, 1.54) is 6.08 Å². The number of thiocarbonyl (C=S) groups is 1. The van der Waals surface area contributed by atoms with Gasteiger partial charge in [0, 0.05) is 6.08 Å². The minimum atomic E-state index is -0.308. The molecule has 1 amide bonds. The third kappa shape index (κ3) is 5.60. The lowest BCUT2D eigenvalue weighted by atomic mass is 10.1. The number of hydrogen-bond donors (Lipinski definition) is 2. The molecule has 0 spiro atoms. The molecule has 2 aromatic rings. The normalized spacial score (nSPS) is 11.7. The molecule has 0 aromatic heterocycles. The maximum atomic E-state index is 12.0. The van der Waals surface area contributed by atoms with E-state index in [0.717, 1.165) is 11.1 Å². The number of hydrogen-bond acceptors (Lipinski definition) is 4. The van der Waals surface area contributed by atoms with Gasteiger partial charge in [-0.3, -0.25) is 10.1 Å². The predicted molar refractivity (Wildman–Crippen MR) is 107 cm³/mol. The Bertz CT molecular complexity index is 791. The van der Waals surface area contributed by atoms with E-state index in [4.69, 9.17) is 21.7 Å². The van der Waals surface area contributed by atoms with Crippen LogP contribution in [0.2, 0.25) is 0 Å². The number of ether oxygens (including phenoxy) is 2. The molecule has 0 aliphatic heterocycles. The van der Waals surface area contributed by atoms with Crippen molar-refractivity contribution in [1.82, 2.24) is 10.6 Å². The quantitative estimate of drug-likeness (QED) is 0.602. The van der Waals surface area contributed by atoms with Crippen LogP contribution in [0.3, 0.4) is 0 Å². The second kappa shape index (κ2) is 9.58. The molecule has 2 aromatic carbocycles. The molecular formula is C20H22N2O3S. The van der Waals surface area contributed by atoms with Crippen molar-refractivity contribution >= 4 is 29.3 Å². The molecule has 0 saturated carbocycles. The van der Waals surface area contributed by atoms with Crippen molar-refractivity contribution in [2.45, 2.75) is 13.0 Å². The van der Waals surface area contributed by atoms with Crippen LogP contribution in [0.1, 0.15) is 24.1 Å². The van der Waals surface area contributed by atoms with E-state index in [1.54, 1.807) is 32.4 Å². The summed E-state index contributed by atoms with van der Waals surface area (Å²) in [6.07, 6.45) is 3.10. The summed E-state index contributed by atoms with van der Waals surface area (Å²) in [6.45, 7) is 1.98. The molecule has 0 aliphatic carbocycles. The van der Waals surface area contributed by atoms with Crippen LogP contribution in [0.5, 0.6) is 11.5 Å². The minimum absolute atomic E-state index is 0.00108. The van der Waals surface area contributed by atoms with Crippen LogP contribution >= 0.6 is 12.2 Å². The SMILES string of the molecule is COc1ccc(/C=C/C(=O)NC(=S)NC(C)c2ccccc2)cc1OC. The van der Waals surface area contributed by atoms with Crippen molar-refractivity contribution in [3.63, 3.8) is 0 Å². The van der Waals surface area contributed by atoms with Crippen LogP contribution in [0.25, 0.3) is 6.08 Å². The molecule has 2 rings (SSSR count). The summed E-state index contributed by atoms with van der Waals surface area (Å²) in [5.74, 6) is 0.927. The van der Waals surface area contributed by atoms with Crippen molar-refractivity contribution in [2.24, 2.45) is 0 Å². The van der Waals surface area contributed by atoms with Gasteiger partial charge in [-0.15, -0.1) is 0 Å². The van der Waals surface area contributed by atoms with E-state index in [1.807, 2.05) is 43.3 Å². The molecule has 0 bridgehead atoms. The summed E-state index contributed by atoms with van der Waals surface area (Å²) in [5, 5.41) is 6.01. The fourth-order valence-corrected chi connectivity index (χ4v) is 2.62. The molecule has 26 heavy (non-hydrogen) atoms. The smallest absolute Gasteiger partial charge is 0.250 e. The van der Waals surface area contributed by atoms with Crippen LogP contribution in [-0.4, -0.2) is 25.2 Å². The van der Waals surface area contributed by atoms with Gasteiger partial charge < -0.3 is 14.8 Å². The molecule has 1 unspecified atom stereocenters. The summed E-state index contributed by atoms with van der Waals surface area (Å²) < 4.78 is 10.4. The Balaban J connectivity index is 1.91. The Morgan fingerprint density at radius 1 is 1.08 bits per heavy atom. The standard InChI is InChI=1S/C20H22N2O3S/c1-14(16-7-5-4-6-8-16)21-20(26)22-19(23)12-10-15-9-11-17(24-2)18(13-15)25-3/h4-14H,1-3H3,(H2,21,22,23,26)/b12-10+. The largest absolute Gasteiger partial charge is 0.493 e. The Hall–Kier alpha value is -2.86. The van der Waals surface area contributed by atoms with Gasteiger partial charge in [0.2, 0.25) is 5.91 Å². The highest BCUT2D eigenvalue weighted by atomic mass is 32.1. The first-order valence-electron chi connectivity index (χ1n) is 8.10. The lowest BCUT2D eigenvalue weighted by molar-refractivity contribution is -0.115. The van der Waals surface area contributed by atoms with Gasteiger partial charge in [-0.2, -0.15) is 0 Å². The number of nitrogens with one attached hydrogen (secondary N) is 2. The minimum Gasteiger partial charge on any atom is -0.493 e. The van der Waals surface area contributed by atoms with Gasteiger partial charge in [0.05, 0.1) is 20.3 Å². The van der Waals surface area contributed by atoms with Crippen LogP contribution in [-0.2, 0) is 4.79 Å². The number of rotatable bonds is 6. The van der Waals surface area contributed by atoms with E-state index < -0.39 is 0 Å². The maximum Gasteiger partial charge on any atom is 0.250 e. The zero-order chi connectivity index (χ0) is 18.9. The molecule has 2 N–H and O–H groups in total. The fraction of sp³-hybridized carbons (Fsp3) is 0.200. The average Bonchev–Trinajstić information content (AvgIpc) is 2.66. The van der Waals surface area contributed by atoms with E-state index in [9.17, 15) is 4.79 Å². The Morgan fingerprint density at radius 3 is 2.42 bits per heavy atom.